The Labute approximate surface area is 200 Å². The van der Waals surface area contributed by atoms with Gasteiger partial charge in [0.05, 0.1) is 17.4 Å². The molecule has 4 rings (SSSR count). The van der Waals surface area contributed by atoms with Crippen molar-refractivity contribution in [3.05, 3.63) is 83.9 Å². The van der Waals surface area contributed by atoms with E-state index in [1.165, 1.54) is 30.0 Å². The summed E-state index contributed by atoms with van der Waals surface area (Å²) in [7, 11) is 0. The Hall–Kier alpha value is -3.72. The first-order chi connectivity index (χ1) is 16.5. The Morgan fingerprint density at radius 2 is 1.76 bits per heavy atom. The molecule has 3 aromatic carbocycles. The maximum Gasteiger partial charge on any atom is 0.254 e. The molecule has 0 saturated carbocycles. The largest absolute Gasteiger partial charge is 0.342 e. The van der Waals surface area contributed by atoms with E-state index in [4.69, 9.17) is 0 Å². The third kappa shape index (κ3) is 5.09. The Morgan fingerprint density at radius 3 is 2.56 bits per heavy atom. The summed E-state index contributed by atoms with van der Waals surface area (Å²) in [5, 5.41) is 16.7. The van der Waals surface area contributed by atoms with Crippen LogP contribution in [0.25, 0.3) is 10.8 Å². The highest BCUT2D eigenvalue weighted by Crippen LogP contribution is 2.25. The van der Waals surface area contributed by atoms with Gasteiger partial charge in [0.15, 0.2) is 11.0 Å². The number of hydrogen-bond donors (Lipinski definition) is 2. The fourth-order valence-corrected chi connectivity index (χ4v) is 4.47. The molecule has 0 aliphatic carbocycles. The van der Waals surface area contributed by atoms with E-state index in [0.717, 1.165) is 16.5 Å². The van der Waals surface area contributed by atoms with Crippen LogP contribution in [0.3, 0.4) is 0 Å². The molecule has 7 nitrogen and oxygen atoms in total. The lowest BCUT2D eigenvalue weighted by Crippen LogP contribution is -2.29. The highest BCUT2D eigenvalue weighted by molar-refractivity contribution is 7.99. The number of anilines is 1. The Bertz CT molecular complexity index is 1330. The molecule has 0 fully saturated rings. The van der Waals surface area contributed by atoms with E-state index < -0.39 is 17.8 Å². The number of nitrogens with one attached hydrogen (secondary N) is 2. The Morgan fingerprint density at radius 1 is 1.03 bits per heavy atom. The van der Waals surface area contributed by atoms with Gasteiger partial charge in [-0.2, -0.15) is 0 Å². The van der Waals surface area contributed by atoms with Gasteiger partial charge in [-0.25, -0.2) is 4.39 Å². The molecule has 0 radical (unpaired) electrons. The lowest BCUT2D eigenvalue weighted by Gasteiger charge is -2.15. The summed E-state index contributed by atoms with van der Waals surface area (Å²) in [5.74, 6) is -0.590. The number of fused-ring (bicyclic) bond motifs is 1. The normalized spacial score (nSPS) is 11.9. The summed E-state index contributed by atoms with van der Waals surface area (Å²) in [4.78, 5) is 25.1. The smallest absolute Gasteiger partial charge is 0.254 e. The molecule has 1 atom stereocenters. The van der Waals surface area contributed by atoms with Crippen LogP contribution in [0.4, 0.5) is 10.1 Å². The van der Waals surface area contributed by atoms with Gasteiger partial charge in [-0.3, -0.25) is 9.59 Å². The van der Waals surface area contributed by atoms with Crippen LogP contribution in [-0.2, 0) is 11.3 Å². The van der Waals surface area contributed by atoms with Crippen molar-refractivity contribution < 1.29 is 14.0 Å². The third-order valence-electron chi connectivity index (χ3n) is 5.31. The lowest BCUT2D eigenvalue weighted by atomic mass is 10.1. The standard InChI is InChI=1S/C25H24FN5O2S/c1-3-31-23(16(2)27-24(33)19-12-6-7-13-20(19)26)29-30-25(31)34-15-22(32)28-21-14-8-10-17-9-4-5-11-18(17)21/h4-14,16H,3,15H2,1-2H3,(H,27,33)(H,28,32). The molecular formula is C25H24FN5O2S. The number of aromatic nitrogens is 3. The van der Waals surface area contributed by atoms with E-state index in [9.17, 15) is 14.0 Å². The molecule has 174 valence electrons. The second kappa shape index (κ2) is 10.5. The van der Waals surface area contributed by atoms with Crippen LogP contribution in [0.15, 0.2) is 71.9 Å². The van der Waals surface area contributed by atoms with E-state index in [1.807, 2.05) is 54.0 Å². The summed E-state index contributed by atoms with van der Waals surface area (Å²) in [6, 6.07) is 18.9. The minimum Gasteiger partial charge on any atom is -0.342 e. The fourth-order valence-electron chi connectivity index (χ4n) is 3.66. The molecule has 0 spiro atoms. The molecule has 2 N–H and O–H groups in total. The zero-order valence-corrected chi connectivity index (χ0v) is 19.6. The minimum absolute atomic E-state index is 0.0309. The second-order valence-electron chi connectivity index (χ2n) is 7.62. The van der Waals surface area contributed by atoms with Gasteiger partial charge in [0.25, 0.3) is 5.91 Å². The number of carbonyl (C=O) groups is 2. The number of amides is 2. The highest BCUT2D eigenvalue weighted by atomic mass is 32.2. The van der Waals surface area contributed by atoms with Gasteiger partial charge in [-0.05, 0) is 37.4 Å². The van der Waals surface area contributed by atoms with Crippen molar-refractivity contribution in [3.8, 4) is 0 Å². The van der Waals surface area contributed by atoms with Crippen molar-refractivity contribution in [2.24, 2.45) is 0 Å². The average molecular weight is 478 g/mol. The number of halogens is 1. The van der Waals surface area contributed by atoms with E-state index in [1.54, 1.807) is 13.0 Å². The van der Waals surface area contributed by atoms with Crippen LogP contribution in [0.2, 0.25) is 0 Å². The van der Waals surface area contributed by atoms with Gasteiger partial charge in [-0.15, -0.1) is 10.2 Å². The first-order valence-corrected chi connectivity index (χ1v) is 11.9. The van der Waals surface area contributed by atoms with Crippen LogP contribution < -0.4 is 10.6 Å². The monoisotopic (exact) mass is 477 g/mol. The minimum atomic E-state index is -0.586. The summed E-state index contributed by atoms with van der Waals surface area (Å²) in [6.45, 7) is 4.24. The van der Waals surface area contributed by atoms with E-state index in [-0.39, 0.29) is 17.2 Å². The molecule has 1 heterocycles. The van der Waals surface area contributed by atoms with Crippen LogP contribution in [0.1, 0.15) is 36.1 Å². The van der Waals surface area contributed by atoms with Crippen molar-refractivity contribution in [1.82, 2.24) is 20.1 Å². The molecule has 4 aromatic rings. The number of benzene rings is 3. The van der Waals surface area contributed by atoms with Crippen LogP contribution in [0.5, 0.6) is 0 Å². The van der Waals surface area contributed by atoms with E-state index in [0.29, 0.717) is 17.5 Å². The number of thioether (sulfide) groups is 1. The number of carbonyl (C=O) groups excluding carboxylic acids is 2. The molecular weight excluding hydrogens is 453 g/mol. The maximum atomic E-state index is 13.9. The van der Waals surface area contributed by atoms with Crippen LogP contribution in [0, 0.1) is 5.82 Å². The van der Waals surface area contributed by atoms with Crippen LogP contribution >= 0.6 is 11.8 Å². The van der Waals surface area contributed by atoms with Gasteiger partial charge in [0.2, 0.25) is 5.91 Å². The number of hydrogen-bond acceptors (Lipinski definition) is 5. The predicted octanol–water partition coefficient (Wildman–Crippen LogP) is 4.81. The molecule has 1 unspecified atom stereocenters. The first-order valence-electron chi connectivity index (χ1n) is 10.9. The lowest BCUT2D eigenvalue weighted by molar-refractivity contribution is -0.113. The summed E-state index contributed by atoms with van der Waals surface area (Å²) >= 11 is 1.26. The van der Waals surface area contributed by atoms with Crippen LogP contribution in [-0.4, -0.2) is 32.3 Å². The predicted molar refractivity (Wildman–Crippen MR) is 131 cm³/mol. The van der Waals surface area contributed by atoms with Crippen molar-refractivity contribution in [2.75, 3.05) is 11.1 Å². The Balaban J connectivity index is 1.41. The highest BCUT2D eigenvalue weighted by Gasteiger charge is 2.21. The van der Waals surface area contributed by atoms with Gasteiger partial charge in [-0.1, -0.05) is 60.3 Å². The van der Waals surface area contributed by atoms with Gasteiger partial charge >= 0.3 is 0 Å². The summed E-state index contributed by atoms with van der Waals surface area (Å²) < 4.78 is 15.8. The number of rotatable bonds is 8. The van der Waals surface area contributed by atoms with Crippen molar-refractivity contribution in [1.29, 1.82) is 0 Å². The molecule has 0 saturated heterocycles. The molecule has 1 aromatic heterocycles. The third-order valence-corrected chi connectivity index (χ3v) is 6.28. The topological polar surface area (TPSA) is 88.9 Å². The molecule has 0 aliphatic heterocycles. The van der Waals surface area contributed by atoms with Gasteiger partial charge in [0.1, 0.15) is 5.82 Å². The zero-order valence-electron chi connectivity index (χ0n) is 18.8. The maximum absolute atomic E-state index is 13.9. The molecule has 34 heavy (non-hydrogen) atoms. The van der Waals surface area contributed by atoms with Crippen molar-refractivity contribution in [2.45, 2.75) is 31.6 Å². The zero-order chi connectivity index (χ0) is 24.1. The summed E-state index contributed by atoms with van der Waals surface area (Å²) in [5.41, 5.74) is 0.724. The first kappa shape index (κ1) is 23.4. The summed E-state index contributed by atoms with van der Waals surface area (Å²) in [6.07, 6.45) is 0. The van der Waals surface area contributed by atoms with Gasteiger partial charge in [0, 0.05) is 17.6 Å². The van der Waals surface area contributed by atoms with Gasteiger partial charge < -0.3 is 15.2 Å². The average Bonchev–Trinajstić information content (AvgIpc) is 3.26. The number of nitrogens with zero attached hydrogens (tertiary/aromatic N) is 3. The molecule has 9 heteroatoms. The molecule has 0 aliphatic rings. The fraction of sp³-hybridized carbons (Fsp3) is 0.200. The second-order valence-corrected chi connectivity index (χ2v) is 8.57. The van der Waals surface area contributed by atoms with E-state index >= 15 is 0 Å². The SMILES string of the molecule is CCn1c(SCC(=O)Nc2cccc3ccccc23)nnc1C(C)NC(=O)c1ccccc1F. The van der Waals surface area contributed by atoms with E-state index in [2.05, 4.69) is 20.8 Å². The molecule has 0 bridgehead atoms. The molecule has 2 amide bonds. The Kier molecular flexibility index (Phi) is 7.22. The van der Waals surface area contributed by atoms with Crippen molar-refractivity contribution >= 4 is 40.0 Å². The van der Waals surface area contributed by atoms with Crippen molar-refractivity contribution in [3.63, 3.8) is 0 Å². The quantitative estimate of drug-likeness (QED) is 0.356.